The van der Waals surface area contributed by atoms with Crippen LogP contribution in [0, 0.1) is 20.8 Å². The molecule has 0 unspecified atom stereocenters. The lowest BCUT2D eigenvalue weighted by atomic mass is 10.1. The fourth-order valence-electron chi connectivity index (χ4n) is 6.21. The van der Waals surface area contributed by atoms with Crippen LogP contribution in [0.25, 0.3) is 11.1 Å². The second-order valence-electron chi connectivity index (χ2n) is 11.8. The smallest absolute Gasteiger partial charge is 0.298 e. The van der Waals surface area contributed by atoms with Crippen LogP contribution in [0.15, 0.2) is 71.7 Å². The molecule has 2 saturated heterocycles. The lowest BCUT2D eigenvalue weighted by Gasteiger charge is -2.35. The van der Waals surface area contributed by atoms with Gasteiger partial charge >= 0.3 is 0 Å². The van der Waals surface area contributed by atoms with Gasteiger partial charge in [-0.25, -0.2) is 4.98 Å². The molecular formula is C34H35Cl2N5O4. The molecule has 3 aromatic carbocycles. The molecule has 0 bridgehead atoms. The van der Waals surface area contributed by atoms with Crippen LogP contribution in [0.2, 0.25) is 10.0 Å². The second-order valence-corrected chi connectivity index (χ2v) is 12.7. The van der Waals surface area contributed by atoms with Crippen LogP contribution < -0.4 is 14.5 Å². The Morgan fingerprint density at radius 2 is 1.73 bits per heavy atom. The van der Waals surface area contributed by atoms with E-state index in [1.54, 1.807) is 24.7 Å². The molecule has 234 valence electrons. The van der Waals surface area contributed by atoms with Crippen molar-refractivity contribution in [3.63, 3.8) is 0 Å². The first-order valence-electron chi connectivity index (χ1n) is 15.1. The minimum Gasteiger partial charge on any atom is -0.490 e. The van der Waals surface area contributed by atoms with Crippen LogP contribution >= 0.6 is 23.2 Å². The van der Waals surface area contributed by atoms with Crippen molar-refractivity contribution < 1.29 is 18.6 Å². The predicted molar refractivity (Wildman–Crippen MR) is 176 cm³/mol. The zero-order valence-corrected chi connectivity index (χ0v) is 27.0. The number of imidazole rings is 1. The van der Waals surface area contributed by atoms with E-state index in [0.29, 0.717) is 41.4 Å². The second kappa shape index (κ2) is 12.2. The Morgan fingerprint density at radius 1 is 0.956 bits per heavy atom. The Kier molecular flexibility index (Phi) is 8.12. The lowest BCUT2D eigenvalue weighted by molar-refractivity contribution is -0.189. The molecule has 45 heavy (non-hydrogen) atoms. The van der Waals surface area contributed by atoms with Crippen molar-refractivity contribution in [1.82, 2.24) is 14.5 Å². The quantitative estimate of drug-likeness (QED) is 0.179. The molecule has 0 aliphatic carbocycles. The van der Waals surface area contributed by atoms with Crippen LogP contribution in [0.5, 0.6) is 5.75 Å². The molecule has 5 aromatic rings. The Labute approximate surface area is 272 Å². The first-order chi connectivity index (χ1) is 21.8. The zero-order chi connectivity index (χ0) is 31.1. The van der Waals surface area contributed by atoms with E-state index in [-0.39, 0.29) is 6.10 Å². The van der Waals surface area contributed by atoms with Crippen LogP contribution in [-0.2, 0) is 21.8 Å². The zero-order valence-electron chi connectivity index (χ0n) is 25.5. The van der Waals surface area contributed by atoms with Crippen molar-refractivity contribution in [2.24, 2.45) is 0 Å². The molecule has 9 nitrogen and oxygen atoms in total. The van der Waals surface area contributed by atoms with Crippen molar-refractivity contribution in [2.45, 2.75) is 39.2 Å². The summed E-state index contributed by atoms with van der Waals surface area (Å²) in [5.74, 6) is -0.233. The molecule has 2 atom stereocenters. The summed E-state index contributed by atoms with van der Waals surface area (Å²) >= 11 is 12.8. The van der Waals surface area contributed by atoms with Crippen molar-refractivity contribution in [1.29, 1.82) is 0 Å². The van der Waals surface area contributed by atoms with Gasteiger partial charge in [-0.3, -0.25) is 0 Å². The predicted octanol–water partition coefficient (Wildman–Crippen LogP) is 6.93. The van der Waals surface area contributed by atoms with E-state index >= 15 is 0 Å². The molecule has 0 saturated carbocycles. The first kappa shape index (κ1) is 29.9. The molecule has 2 fully saturated rings. The summed E-state index contributed by atoms with van der Waals surface area (Å²) in [6, 6.07) is 16.5. The third-order valence-electron chi connectivity index (χ3n) is 8.46. The van der Waals surface area contributed by atoms with Gasteiger partial charge in [0.25, 0.3) is 6.01 Å². The van der Waals surface area contributed by atoms with Crippen LogP contribution in [-0.4, -0.2) is 60.0 Å². The molecule has 2 aromatic heterocycles. The Bertz CT molecular complexity index is 1800. The number of fused-ring (bicyclic) bond motifs is 1. The highest BCUT2D eigenvalue weighted by molar-refractivity contribution is 6.35. The van der Waals surface area contributed by atoms with Gasteiger partial charge in [0.2, 0.25) is 5.79 Å². The topological polar surface area (TPSA) is 78.0 Å². The largest absolute Gasteiger partial charge is 0.490 e. The fraction of sp³-hybridized carbons (Fsp3) is 0.353. The number of aromatic nitrogens is 3. The number of ether oxygens (including phenoxy) is 3. The Morgan fingerprint density at radius 3 is 2.47 bits per heavy atom. The van der Waals surface area contributed by atoms with Gasteiger partial charge in [0, 0.05) is 54.8 Å². The monoisotopic (exact) mass is 647 g/mol. The van der Waals surface area contributed by atoms with Gasteiger partial charge in [0.15, 0.2) is 5.58 Å². The van der Waals surface area contributed by atoms with Gasteiger partial charge in [-0.2, -0.15) is 4.98 Å². The molecule has 4 heterocycles. The molecule has 0 spiro atoms. The van der Waals surface area contributed by atoms with Gasteiger partial charge in [-0.05, 0) is 73.9 Å². The number of rotatable bonds is 8. The maximum Gasteiger partial charge on any atom is 0.298 e. The number of hydrogen-bond acceptors (Lipinski definition) is 8. The Balaban J connectivity index is 1.00. The highest BCUT2D eigenvalue weighted by atomic mass is 35.5. The molecule has 0 radical (unpaired) electrons. The molecule has 7 rings (SSSR count). The van der Waals surface area contributed by atoms with Crippen molar-refractivity contribution in [3.8, 4) is 5.75 Å². The number of aryl methyl sites for hydroxylation is 3. The number of nitrogens with zero attached hydrogens (tertiary/aromatic N) is 5. The standard InChI is InChI=1S/C34H35Cl2N5O4/c1-22-4-7-31-30(14-22)38-33(44-31)41-12-10-40(11-13-41)26-15-23(2)32(24(3)16-26)42-18-27-19-43-34(45-27,20-39-9-8-37-21-39)28-6-5-25(35)17-29(28)36/h4-9,14-17,21,27H,10-13,18-20H2,1-3H3/t27-,34-/m1/s1. The normalized spacial score (nSPS) is 20.3. The molecule has 2 aliphatic rings. The van der Waals surface area contributed by atoms with Crippen LogP contribution in [0.1, 0.15) is 22.3 Å². The van der Waals surface area contributed by atoms with Gasteiger partial charge in [-0.15, -0.1) is 0 Å². The highest BCUT2D eigenvalue weighted by Crippen LogP contribution is 2.41. The first-order valence-corrected chi connectivity index (χ1v) is 15.9. The molecule has 0 amide bonds. The maximum absolute atomic E-state index is 6.63. The summed E-state index contributed by atoms with van der Waals surface area (Å²) in [7, 11) is 0. The van der Waals surface area contributed by atoms with E-state index in [9.17, 15) is 0 Å². The number of hydrogen-bond donors (Lipinski definition) is 0. The molecular weight excluding hydrogens is 613 g/mol. The van der Waals surface area contributed by atoms with E-state index in [1.165, 1.54) is 11.3 Å². The summed E-state index contributed by atoms with van der Waals surface area (Å²) in [5.41, 5.74) is 6.96. The minimum absolute atomic E-state index is 0.303. The fourth-order valence-corrected chi connectivity index (χ4v) is 6.76. The number of anilines is 2. The summed E-state index contributed by atoms with van der Waals surface area (Å²) in [4.78, 5) is 13.5. The van der Waals surface area contributed by atoms with Gasteiger partial charge < -0.3 is 33.0 Å². The third-order valence-corrected chi connectivity index (χ3v) is 9.00. The van der Waals surface area contributed by atoms with Gasteiger partial charge in [0.1, 0.15) is 24.0 Å². The number of oxazole rings is 1. The average Bonchev–Trinajstić information content (AvgIpc) is 3.77. The number of benzene rings is 3. The SMILES string of the molecule is Cc1ccc2oc(N3CCN(c4cc(C)c(OC[C@@H]5CO[C@@](Cn6ccnc6)(c6ccc(Cl)cc6Cl)O5)c(C)c4)CC3)nc2c1. The highest BCUT2D eigenvalue weighted by Gasteiger charge is 2.45. The summed E-state index contributed by atoms with van der Waals surface area (Å²) in [6.07, 6.45) is 5.02. The van der Waals surface area contributed by atoms with Crippen molar-refractivity contribution in [3.05, 3.63) is 99.6 Å². The summed E-state index contributed by atoms with van der Waals surface area (Å²) in [6.45, 7) is 10.7. The van der Waals surface area contributed by atoms with E-state index in [2.05, 4.69) is 59.8 Å². The summed E-state index contributed by atoms with van der Waals surface area (Å²) in [5, 5.41) is 1.03. The van der Waals surface area contributed by atoms with Gasteiger partial charge in [0.05, 0.1) is 24.5 Å². The van der Waals surface area contributed by atoms with Crippen LogP contribution in [0.3, 0.4) is 0 Å². The molecule has 0 N–H and O–H groups in total. The number of halogens is 2. The molecule has 2 aliphatic heterocycles. The van der Waals surface area contributed by atoms with E-state index in [0.717, 1.165) is 54.2 Å². The van der Waals surface area contributed by atoms with Crippen molar-refractivity contribution in [2.75, 3.05) is 49.2 Å². The number of piperazine rings is 1. The minimum atomic E-state index is -1.09. The van der Waals surface area contributed by atoms with E-state index < -0.39 is 5.79 Å². The average molecular weight is 649 g/mol. The van der Waals surface area contributed by atoms with Crippen molar-refractivity contribution >= 4 is 46.0 Å². The lowest BCUT2D eigenvalue weighted by Crippen LogP contribution is -2.46. The third kappa shape index (κ3) is 6.10. The Hall–Kier alpha value is -3.76. The molecule has 11 heteroatoms. The summed E-state index contributed by atoms with van der Waals surface area (Å²) < 4.78 is 27.3. The van der Waals surface area contributed by atoms with E-state index in [4.69, 9.17) is 46.8 Å². The van der Waals surface area contributed by atoms with Gasteiger partial charge in [-0.1, -0.05) is 35.3 Å². The maximum atomic E-state index is 6.63. The van der Waals surface area contributed by atoms with E-state index in [1.807, 2.05) is 22.9 Å². The van der Waals surface area contributed by atoms with Crippen LogP contribution in [0.4, 0.5) is 11.7 Å².